The summed E-state index contributed by atoms with van der Waals surface area (Å²) in [5.41, 5.74) is 0. The highest BCUT2D eigenvalue weighted by Gasteiger charge is 2.24. The highest BCUT2D eigenvalue weighted by molar-refractivity contribution is 6.30. The molecule has 1 fully saturated rings. The van der Waals surface area contributed by atoms with Crippen LogP contribution in [0, 0.1) is 0 Å². The molecule has 0 saturated carbocycles. The Kier molecular flexibility index (Phi) is 5.74. The SMILES string of the molecule is CN(C)CCCn1ccnc1C1CCN(c2ccc(Cl)cn2)CC1. The van der Waals surface area contributed by atoms with E-state index >= 15 is 0 Å². The Labute approximate surface area is 149 Å². The number of hydrogen-bond donors (Lipinski definition) is 0. The van der Waals surface area contributed by atoms with Crippen LogP contribution in [0.1, 0.15) is 31.0 Å². The van der Waals surface area contributed by atoms with Crippen molar-refractivity contribution in [2.75, 3.05) is 38.6 Å². The quantitative estimate of drug-likeness (QED) is 0.803. The Morgan fingerprint density at radius 3 is 2.67 bits per heavy atom. The molecule has 0 aliphatic carbocycles. The molecule has 1 aliphatic heterocycles. The summed E-state index contributed by atoms with van der Waals surface area (Å²) in [5, 5.41) is 0.688. The number of pyridine rings is 1. The predicted molar refractivity (Wildman–Crippen MR) is 98.8 cm³/mol. The van der Waals surface area contributed by atoms with E-state index in [0.717, 1.165) is 51.3 Å². The molecule has 0 amide bonds. The number of piperidine rings is 1. The Morgan fingerprint density at radius 1 is 1.21 bits per heavy atom. The van der Waals surface area contributed by atoms with Crippen LogP contribution in [-0.2, 0) is 6.54 Å². The second-order valence-electron chi connectivity index (χ2n) is 6.73. The topological polar surface area (TPSA) is 37.2 Å². The molecule has 1 aliphatic rings. The van der Waals surface area contributed by atoms with Gasteiger partial charge < -0.3 is 14.4 Å². The average molecular weight is 348 g/mol. The second kappa shape index (κ2) is 7.99. The van der Waals surface area contributed by atoms with E-state index in [2.05, 4.69) is 44.6 Å². The Balaban J connectivity index is 1.57. The highest BCUT2D eigenvalue weighted by atomic mass is 35.5. The van der Waals surface area contributed by atoms with Gasteiger partial charge in [0, 0.05) is 44.1 Å². The predicted octanol–water partition coefficient (Wildman–Crippen LogP) is 3.27. The van der Waals surface area contributed by atoms with Crippen molar-refractivity contribution in [3.05, 3.63) is 41.6 Å². The minimum atomic E-state index is 0.544. The monoisotopic (exact) mass is 347 g/mol. The van der Waals surface area contributed by atoms with Gasteiger partial charge in [0.15, 0.2) is 0 Å². The van der Waals surface area contributed by atoms with Gasteiger partial charge in [-0.15, -0.1) is 0 Å². The molecule has 0 N–H and O–H groups in total. The molecule has 6 heteroatoms. The lowest BCUT2D eigenvalue weighted by atomic mass is 9.96. The Morgan fingerprint density at radius 2 is 2.00 bits per heavy atom. The highest BCUT2D eigenvalue weighted by Crippen LogP contribution is 2.29. The van der Waals surface area contributed by atoms with Gasteiger partial charge in [-0.3, -0.25) is 0 Å². The summed E-state index contributed by atoms with van der Waals surface area (Å²) in [6.45, 7) is 4.19. The first-order chi connectivity index (χ1) is 11.6. The number of rotatable bonds is 6. The fourth-order valence-corrected chi connectivity index (χ4v) is 3.46. The van der Waals surface area contributed by atoms with Crippen molar-refractivity contribution in [3.63, 3.8) is 0 Å². The number of anilines is 1. The van der Waals surface area contributed by atoms with E-state index in [4.69, 9.17) is 11.6 Å². The molecule has 130 valence electrons. The Bertz CT molecular complexity index is 629. The zero-order chi connectivity index (χ0) is 16.9. The summed E-state index contributed by atoms with van der Waals surface area (Å²) in [6, 6.07) is 3.91. The number of nitrogens with zero attached hydrogens (tertiary/aromatic N) is 5. The molecule has 0 aromatic carbocycles. The lowest BCUT2D eigenvalue weighted by molar-refractivity contribution is 0.380. The third kappa shape index (κ3) is 4.28. The van der Waals surface area contributed by atoms with Crippen LogP contribution in [0.15, 0.2) is 30.7 Å². The molecule has 3 rings (SSSR count). The van der Waals surface area contributed by atoms with Crippen LogP contribution in [0.2, 0.25) is 5.02 Å². The van der Waals surface area contributed by atoms with Gasteiger partial charge in [-0.05, 0) is 52.0 Å². The number of aryl methyl sites for hydroxylation is 1. The molecule has 0 radical (unpaired) electrons. The molecule has 0 atom stereocenters. The molecular weight excluding hydrogens is 322 g/mol. The fraction of sp³-hybridized carbons (Fsp3) is 0.556. The van der Waals surface area contributed by atoms with E-state index < -0.39 is 0 Å². The van der Waals surface area contributed by atoms with Crippen molar-refractivity contribution in [2.45, 2.75) is 31.7 Å². The molecule has 0 unspecified atom stereocenters. The summed E-state index contributed by atoms with van der Waals surface area (Å²) in [6.07, 6.45) is 9.19. The van der Waals surface area contributed by atoms with Crippen molar-refractivity contribution in [3.8, 4) is 0 Å². The van der Waals surface area contributed by atoms with Crippen LogP contribution in [0.5, 0.6) is 0 Å². The summed E-state index contributed by atoms with van der Waals surface area (Å²) >= 11 is 5.92. The first-order valence-electron chi connectivity index (χ1n) is 8.66. The van der Waals surface area contributed by atoms with Crippen molar-refractivity contribution < 1.29 is 0 Å². The summed E-state index contributed by atoms with van der Waals surface area (Å²) < 4.78 is 2.34. The molecule has 5 nitrogen and oxygen atoms in total. The number of halogens is 1. The van der Waals surface area contributed by atoms with Crippen LogP contribution < -0.4 is 4.90 Å². The number of aromatic nitrogens is 3. The maximum absolute atomic E-state index is 5.92. The van der Waals surface area contributed by atoms with E-state index in [-0.39, 0.29) is 0 Å². The fourth-order valence-electron chi connectivity index (χ4n) is 3.35. The summed E-state index contributed by atoms with van der Waals surface area (Å²) in [7, 11) is 4.24. The lowest BCUT2D eigenvalue weighted by Gasteiger charge is -2.32. The largest absolute Gasteiger partial charge is 0.357 e. The molecule has 0 bridgehead atoms. The van der Waals surface area contributed by atoms with Crippen LogP contribution in [0.3, 0.4) is 0 Å². The molecule has 1 saturated heterocycles. The van der Waals surface area contributed by atoms with Gasteiger partial charge in [0.05, 0.1) is 5.02 Å². The van der Waals surface area contributed by atoms with Crippen LogP contribution in [0.4, 0.5) is 5.82 Å². The van der Waals surface area contributed by atoms with E-state index in [1.54, 1.807) is 6.20 Å². The molecule has 2 aromatic heterocycles. The number of imidazole rings is 1. The standard InChI is InChI=1S/C18H26ClN5/c1-22(2)9-3-10-24-13-8-20-18(24)15-6-11-23(12-7-15)17-5-4-16(19)14-21-17/h4-5,8,13-15H,3,6-7,9-12H2,1-2H3. The molecule has 2 aromatic rings. The molecule has 24 heavy (non-hydrogen) atoms. The first kappa shape index (κ1) is 17.2. The second-order valence-corrected chi connectivity index (χ2v) is 7.17. The minimum absolute atomic E-state index is 0.544. The normalized spacial score (nSPS) is 16.1. The van der Waals surface area contributed by atoms with E-state index in [1.165, 1.54) is 5.82 Å². The van der Waals surface area contributed by atoms with Gasteiger partial charge in [-0.25, -0.2) is 9.97 Å². The average Bonchev–Trinajstić information content (AvgIpc) is 3.04. The number of hydrogen-bond acceptors (Lipinski definition) is 4. The third-order valence-electron chi connectivity index (χ3n) is 4.65. The van der Waals surface area contributed by atoms with Crippen LogP contribution in [-0.4, -0.2) is 53.2 Å². The zero-order valence-corrected chi connectivity index (χ0v) is 15.3. The third-order valence-corrected chi connectivity index (χ3v) is 4.87. The lowest BCUT2D eigenvalue weighted by Crippen LogP contribution is -2.34. The van der Waals surface area contributed by atoms with E-state index in [1.807, 2.05) is 18.3 Å². The molecule has 3 heterocycles. The van der Waals surface area contributed by atoms with Gasteiger partial charge in [-0.2, -0.15) is 0 Å². The van der Waals surface area contributed by atoms with Gasteiger partial charge in [0.25, 0.3) is 0 Å². The van der Waals surface area contributed by atoms with Crippen molar-refractivity contribution >= 4 is 17.4 Å². The van der Waals surface area contributed by atoms with Crippen molar-refractivity contribution in [1.82, 2.24) is 19.4 Å². The first-order valence-corrected chi connectivity index (χ1v) is 9.03. The smallest absolute Gasteiger partial charge is 0.128 e. The van der Waals surface area contributed by atoms with Gasteiger partial charge in [-0.1, -0.05) is 11.6 Å². The zero-order valence-electron chi connectivity index (χ0n) is 14.5. The van der Waals surface area contributed by atoms with Gasteiger partial charge in [0.1, 0.15) is 11.6 Å². The summed E-state index contributed by atoms with van der Waals surface area (Å²) in [5.74, 6) is 2.81. The summed E-state index contributed by atoms with van der Waals surface area (Å²) in [4.78, 5) is 13.6. The van der Waals surface area contributed by atoms with E-state index in [9.17, 15) is 0 Å². The van der Waals surface area contributed by atoms with Gasteiger partial charge >= 0.3 is 0 Å². The van der Waals surface area contributed by atoms with E-state index in [0.29, 0.717) is 10.9 Å². The minimum Gasteiger partial charge on any atom is -0.357 e. The van der Waals surface area contributed by atoms with Crippen LogP contribution >= 0.6 is 11.6 Å². The maximum atomic E-state index is 5.92. The van der Waals surface area contributed by atoms with Crippen molar-refractivity contribution in [2.24, 2.45) is 0 Å². The van der Waals surface area contributed by atoms with Gasteiger partial charge in [0.2, 0.25) is 0 Å². The van der Waals surface area contributed by atoms with Crippen molar-refractivity contribution in [1.29, 1.82) is 0 Å². The molecule has 0 spiro atoms. The maximum Gasteiger partial charge on any atom is 0.128 e. The van der Waals surface area contributed by atoms with Crippen LogP contribution in [0.25, 0.3) is 0 Å². The Hall–Kier alpha value is -1.59. The molecular formula is C18H26ClN5.